The molecule has 100 valence electrons. The van der Waals surface area contributed by atoms with Gasteiger partial charge in [0.05, 0.1) is 0 Å². The summed E-state index contributed by atoms with van der Waals surface area (Å²) in [7, 11) is 2.29. The van der Waals surface area contributed by atoms with Crippen LogP contribution in [0.15, 0.2) is 0 Å². The van der Waals surface area contributed by atoms with Crippen molar-refractivity contribution in [3.63, 3.8) is 0 Å². The number of hydrogen-bond acceptors (Lipinski definition) is 2. The zero-order valence-electron chi connectivity index (χ0n) is 11.9. The summed E-state index contributed by atoms with van der Waals surface area (Å²) < 4.78 is 0. The average Bonchev–Trinajstić information content (AvgIpc) is 3.19. The molecule has 2 nitrogen and oxygen atoms in total. The number of hydrogen-bond donors (Lipinski definition) is 1. The molecule has 0 saturated heterocycles. The molecule has 3 atom stereocenters. The lowest BCUT2D eigenvalue weighted by atomic mass is 9.84. The largest absolute Gasteiger partial charge is 0.312 e. The first kappa shape index (κ1) is 13.4. The predicted octanol–water partition coefficient (Wildman–Crippen LogP) is 3.03. The van der Waals surface area contributed by atoms with Crippen LogP contribution in [0, 0.1) is 5.92 Å². The lowest BCUT2D eigenvalue weighted by Crippen LogP contribution is -2.44. The van der Waals surface area contributed by atoms with E-state index < -0.39 is 0 Å². The van der Waals surface area contributed by atoms with Crippen molar-refractivity contribution in [3.05, 3.63) is 0 Å². The standard InChI is InChI=1S/C15H30N2/c1-4-13-6-5-7-14(10-13)16-11-12(2)17(3)15-8-9-15/h12-16H,4-11H2,1-3H3. The molecule has 0 aromatic heterocycles. The Bertz CT molecular complexity index is 225. The molecular formula is C15H30N2. The van der Waals surface area contributed by atoms with Crippen molar-refractivity contribution in [2.75, 3.05) is 13.6 Å². The number of nitrogens with zero attached hydrogens (tertiary/aromatic N) is 1. The van der Waals surface area contributed by atoms with Crippen LogP contribution in [0.2, 0.25) is 0 Å². The van der Waals surface area contributed by atoms with Crippen LogP contribution in [0.1, 0.15) is 58.8 Å². The molecule has 1 N–H and O–H groups in total. The average molecular weight is 238 g/mol. The first-order chi connectivity index (χ1) is 8.20. The van der Waals surface area contributed by atoms with Gasteiger partial charge in [-0.3, -0.25) is 4.90 Å². The molecule has 0 aromatic rings. The monoisotopic (exact) mass is 238 g/mol. The third-order valence-corrected chi connectivity index (χ3v) is 4.88. The van der Waals surface area contributed by atoms with Gasteiger partial charge in [-0.1, -0.05) is 26.2 Å². The van der Waals surface area contributed by atoms with Crippen LogP contribution in [0.25, 0.3) is 0 Å². The summed E-state index contributed by atoms with van der Waals surface area (Å²) >= 11 is 0. The number of nitrogens with one attached hydrogen (secondary N) is 1. The van der Waals surface area contributed by atoms with E-state index in [1.54, 1.807) is 0 Å². The Balaban J connectivity index is 1.66. The fourth-order valence-electron chi connectivity index (χ4n) is 3.17. The van der Waals surface area contributed by atoms with Crippen molar-refractivity contribution in [2.45, 2.75) is 76.9 Å². The van der Waals surface area contributed by atoms with Gasteiger partial charge in [0.1, 0.15) is 0 Å². The summed E-state index contributed by atoms with van der Waals surface area (Å²) in [6, 6.07) is 2.38. The summed E-state index contributed by atoms with van der Waals surface area (Å²) in [5, 5.41) is 3.81. The molecule has 17 heavy (non-hydrogen) atoms. The predicted molar refractivity (Wildman–Crippen MR) is 74.3 cm³/mol. The Labute approximate surface area is 107 Å². The van der Waals surface area contributed by atoms with Gasteiger partial charge in [0.25, 0.3) is 0 Å². The van der Waals surface area contributed by atoms with E-state index in [1.807, 2.05) is 0 Å². The van der Waals surface area contributed by atoms with Gasteiger partial charge in [0, 0.05) is 24.7 Å². The van der Waals surface area contributed by atoms with Crippen LogP contribution >= 0.6 is 0 Å². The number of likely N-dealkylation sites (N-methyl/N-ethyl adjacent to an activating group) is 1. The second-order valence-corrected chi connectivity index (χ2v) is 6.29. The van der Waals surface area contributed by atoms with Gasteiger partial charge in [-0.05, 0) is 45.6 Å². The van der Waals surface area contributed by atoms with Crippen molar-refractivity contribution in [1.29, 1.82) is 0 Å². The maximum atomic E-state index is 3.81. The third kappa shape index (κ3) is 3.96. The molecule has 2 saturated carbocycles. The van der Waals surface area contributed by atoms with Crippen molar-refractivity contribution in [1.82, 2.24) is 10.2 Å². The van der Waals surface area contributed by atoms with E-state index in [-0.39, 0.29) is 0 Å². The normalized spacial score (nSPS) is 31.8. The van der Waals surface area contributed by atoms with Crippen LogP contribution in [0.5, 0.6) is 0 Å². The summed E-state index contributed by atoms with van der Waals surface area (Å²) in [6.07, 6.45) is 9.92. The van der Waals surface area contributed by atoms with E-state index in [1.165, 1.54) is 51.5 Å². The molecule has 2 fully saturated rings. The first-order valence-corrected chi connectivity index (χ1v) is 7.66. The van der Waals surface area contributed by atoms with Gasteiger partial charge in [-0.25, -0.2) is 0 Å². The van der Waals surface area contributed by atoms with E-state index in [9.17, 15) is 0 Å². The highest BCUT2D eigenvalue weighted by Crippen LogP contribution is 2.28. The second-order valence-electron chi connectivity index (χ2n) is 6.29. The second kappa shape index (κ2) is 6.19. The van der Waals surface area contributed by atoms with Gasteiger partial charge in [-0.2, -0.15) is 0 Å². The molecule has 2 aliphatic carbocycles. The molecule has 0 aliphatic heterocycles. The van der Waals surface area contributed by atoms with Crippen molar-refractivity contribution < 1.29 is 0 Å². The molecule has 0 heterocycles. The van der Waals surface area contributed by atoms with Gasteiger partial charge < -0.3 is 5.32 Å². The molecule has 2 rings (SSSR count). The van der Waals surface area contributed by atoms with E-state index in [0.717, 1.165) is 18.0 Å². The smallest absolute Gasteiger partial charge is 0.0192 e. The van der Waals surface area contributed by atoms with E-state index in [2.05, 4.69) is 31.1 Å². The van der Waals surface area contributed by atoms with Gasteiger partial charge in [0.2, 0.25) is 0 Å². The lowest BCUT2D eigenvalue weighted by molar-refractivity contribution is 0.216. The topological polar surface area (TPSA) is 15.3 Å². The molecule has 0 radical (unpaired) electrons. The third-order valence-electron chi connectivity index (χ3n) is 4.88. The van der Waals surface area contributed by atoms with Crippen LogP contribution in [-0.2, 0) is 0 Å². The Hall–Kier alpha value is -0.0800. The number of rotatable bonds is 6. The van der Waals surface area contributed by atoms with Gasteiger partial charge in [0.15, 0.2) is 0 Å². The highest BCUT2D eigenvalue weighted by Gasteiger charge is 2.29. The summed E-state index contributed by atoms with van der Waals surface area (Å²) in [5.74, 6) is 0.984. The molecule has 2 aliphatic rings. The maximum Gasteiger partial charge on any atom is 0.0192 e. The van der Waals surface area contributed by atoms with Crippen LogP contribution < -0.4 is 5.32 Å². The molecule has 0 amide bonds. The molecule has 0 bridgehead atoms. The summed E-state index contributed by atoms with van der Waals surface area (Å²) in [5.41, 5.74) is 0. The van der Waals surface area contributed by atoms with Crippen molar-refractivity contribution in [2.24, 2.45) is 5.92 Å². The van der Waals surface area contributed by atoms with Crippen molar-refractivity contribution in [3.8, 4) is 0 Å². The molecule has 3 unspecified atom stereocenters. The first-order valence-electron chi connectivity index (χ1n) is 7.66. The minimum atomic E-state index is 0.699. The zero-order valence-corrected chi connectivity index (χ0v) is 11.9. The fraction of sp³-hybridized carbons (Fsp3) is 1.00. The Kier molecular flexibility index (Phi) is 4.87. The van der Waals surface area contributed by atoms with E-state index in [0.29, 0.717) is 6.04 Å². The summed E-state index contributed by atoms with van der Waals surface area (Å²) in [6.45, 7) is 5.89. The lowest BCUT2D eigenvalue weighted by Gasteiger charge is -2.32. The Morgan fingerprint density at radius 2 is 2.00 bits per heavy atom. The SMILES string of the molecule is CCC1CCCC(NCC(C)N(C)C2CC2)C1. The minimum Gasteiger partial charge on any atom is -0.312 e. The minimum absolute atomic E-state index is 0.699. The van der Waals surface area contributed by atoms with Crippen LogP contribution in [0.4, 0.5) is 0 Å². The molecule has 0 aromatic carbocycles. The summed E-state index contributed by atoms with van der Waals surface area (Å²) in [4.78, 5) is 2.56. The van der Waals surface area contributed by atoms with E-state index in [4.69, 9.17) is 0 Å². The van der Waals surface area contributed by atoms with Gasteiger partial charge in [-0.15, -0.1) is 0 Å². The fourth-order valence-corrected chi connectivity index (χ4v) is 3.17. The van der Waals surface area contributed by atoms with Crippen molar-refractivity contribution >= 4 is 0 Å². The van der Waals surface area contributed by atoms with Gasteiger partial charge >= 0.3 is 0 Å². The zero-order chi connectivity index (χ0) is 12.3. The highest BCUT2D eigenvalue weighted by molar-refractivity contribution is 4.87. The Morgan fingerprint density at radius 1 is 1.24 bits per heavy atom. The Morgan fingerprint density at radius 3 is 2.65 bits per heavy atom. The molecular weight excluding hydrogens is 208 g/mol. The molecule has 2 heteroatoms. The van der Waals surface area contributed by atoms with Crippen LogP contribution in [-0.4, -0.2) is 36.6 Å². The highest BCUT2D eigenvalue weighted by atomic mass is 15.2. The molecule has 0 spiro atoms. The quantitative estimate of drug-likeness (QED) is 0.765. The van der Waals surface area contributed by atoms with E-state index >= 15 is 0 Å². The van der Waals surface area contributed by atoms with Crippen LogP contribution in [0.3, 0.4) is 0 Å². The maximum absolute atomic E-state index is 3.81.